The van der Waals surface area contributed by atoms with Crippen molar-refractivity contribution in [1.82, 2.24) is 0 Å². The highest BCUT2D eigenvalue weighted by molar-refractivity contribution is 5.99. The zero-order valence-electron chi connectivity index (χ0n) is 13.2. The second-order valence-electron chi connectivity index (χ2n) is 6.48. The van der Waals surface area contributed by atoms with Gasteiger partial charge in [-0.1, -0.05) is 35.9 Å². The Bertz CT molecular complexity index is 905. The quantitative estimate of drug-likeness (QED) is 0.385. The highest BCUT2D eigenvalue weighted by atomic mass is 16.5. The van der Waals surface area contributed by atoms with Gasteiger partial charge in [0, 0.05) is 39.8 Å². The number of esters is 1. The molecule has 2 atom stereocenters. The second kappa shape index (κ2) is 4.72. The Morgan fingerprint density at radius 2 is 2.09 bits per heavy atom. The molecule has 0 heterocycles. The number of carbonyl (C=O) groups is 1. The molecule has 2 aromatic rings. The van der Waals surface area contributed by atoms with Crippen LogP contribution in [0.3, 0.4) is 0 Å². The normalized spacial score (nSPS) is 21.2. The molecule has 0 saturated heterocycles. The van der Waals surface area contributed by atoms with Gasteiger partial charge in [-0.15, -0.1) is 0 Å². The molecular weight excluding hydrogens is 288 g/mol. The Hall–Kier alpha value is -2.55. The molecule has 2 bridgehead atoms. The van der Waals surface area contributed by atoms with Crippen molar-refractivity contribution in [2.75, 3.05) is 0 Å². The number of rotatable bonds is 2. The third-order valence-electron chi connectivity index (χ3n) is 5.06. The number of allylic oxidation sites excluding steroid dienone is 2. The standard InChI is InChI=1S/C20H18O3/c1-4-16(21)23-20-13-6-5-10(2)7-15(13)19(22)17-12-8-11(3)14(9-12)18(17)20/h4-8,12,14,22H,1,9H2,2-3H3. The fourth-order valence-corrected chi connectivity index (χ4v) is 4.05. The minimum Gasteiger partial charge on any atom is -0.507 e. The van der Waals surface area contributed by atoms with Crippen LogP contribution in [0.5, 0.6) is 11.5 Å². The third-order valence-corrected chi connectivity index (χ3v) is 5.06. The summed E-state index contributed by atoms with van der Waals surface area (Å²) >= 11 is 0. The fraction of sp³-hybridized carbons (Fsp3) is 0.250. The lowest BCUT2D eigenvalue weighted by Crippen LogP contribution is -2.09. The van der Waals surface area contributed by atoms with Gasteiger partial charge in [0.25, 0.3) is 0 Å². The number of benzene rings is 2. The predicted molar refractivity (Wildman–Crippen MR) is 90.0 cm³/mol. The molecule has 23 heavy (non-hydrogen) atoms. The van der Waals surface area contributed by atoms with Crippen molar-refractivity contribution in [3.8, 4) is 11.5 Å². The van der Waals surface area contributed by atoms with E-state index in [0.29, 0.717) is 11.5 Å². The van der Waals surface area contributed by atoms with Crippen molar-refractivity contribution in [1.29, 1.82) is 0 Å². The Morgan fingerprint density at radius 3 is 2.83 bits per heavy atom. The molecule has 0 fully saturated rings. The van der Waals surface area contributed by atoms with Gasteiger partial charge in [-0.2, -0.15) is 0 Å². The lowest BCUT2D eigenvalue weighted by molar-refractivity contribution is -0.128. The number of hydrogen-bond acceptors (Lipinski definition) is 3. The largest absolute Gasteiger partial charge is 0.507 e. The summed E-state index contributed by atoms with van der Waals surface area (Å²) in [5.74, 6) is 0.871. The molecule has 116 valence electrons. The predicted octanol–water partition coefficient (Wildman–Crippen LogP) is 4.48. The van der Waals surface area contributed by atoms with E-state index in [-0.39, 0.29) is 11.8 Å². The molecule has 0 aliphatic heterocycles. The number of carbonyl (C=O) groups excluding carboxylic acids is 1. The smallest absolute Gasteiger partial charge is 0.335 e. The average molecular weight is 306 g/mol. The molecule has 1 N–H and O–H groups in total. The van der Waals surface area contributed by atoms with Gasteiger partial charge in [0.1, 0.15) is 11.5 Å². The van der Waals surface area contributed by atoms with E-state index in [1.165, 1.54) is 11.6 Å². The van der Waals surface area contributed by atoms with E-state index in [0.717, 1.165) is 33.9 Å². The topological polar surface area (TPSA) is 46.5 Å². The van der Waals surface area contributed by atoms with Crippen LogP contribution >= 0.6 is 0 Å². The van der Waals surface area contributed by atoms with Gasteiger partial charge in [-0.05, 0) is 26.3 Å². The van der Waals surface area contributed by atoms with Crippen LogP contribution in [-0.2, 0) is 4.79 Å². The summed E-state index contributed by atoms with van der Waals surface area (Å²) < 4.78 is 5.62. The first-order chi connectivity index (χ1) is 11.0. The highest BCUT2D eigenvalue weighted by Crippen LogP contribution is 2.60. The minimum absolute atomic E-state index is 0.209. The Balaban J connectivity index is 2.08. The summed E-state index contributed by atoms with van der Waals surface area (Å²) in [6.45, 7) is 7.57. The molecule has 3 nitrogen and oxygen atoms in total. The van der Waals surface area contributed by atoms with Crippen LogP contribution in [0.15, 0.2) is 42.5 Å². The molecule has 0 radical (unpaired) electrons. The van der Waals surface area contributed by atoms with Crippen molar-refractivity contribution in [2.45, 2.75) is 32.1 Å². The van der Waals surface area contributed by atoms with E-state index in [1.54, 1.807) is 0 Å². The van der Waals surface area contributed by atoms with Crippen LogP contribution in [0.1, 0.15) is 41.9 Å². The molecule has 2 unspecified atom stereocenters. The van der Waals surface area contributed by atoms with Crippen molar-refractivity contribution < 1.29 is 14.6 Å². The van der Waals surface area contributed by atoms with E-state index >= 15 is 0 Å². The van der Waals surface area contributed by atoms with Gasteiger partial charge in [0.05, 0.1) is 0 Å². The zero-order valence-corrected chi connectivity index (χ0v) is 13.2. The number of phenolic OH excluding ortho intramolecular Hbond substituents is 1. The van der Waals surface area contributed by atoms with Crippen molar-refractivity contribution in [2.24, 2.45) is 0 Å². The summed E-state index contributed by atoms with van der Waals surface area (Å²) in [4.78, 5) is 11.8. The lowest BCUT2D eigenvalue weighted by atomic mass is 9.87. The number of aromatic hydroxyl groups is 1. The molecule has 4 rings (SSSR count). The Morgan fingerprint density at radius 1 is 1.30 bits per heavy atom. The molecule has 2 aliphatic carbocycles. The number of aryl methyl sites for hydroxylation is 1. The summed E-state index contributed by atoms with van der Waals surface area (Å²) in [5.41, 5.74) is 4.23. The van der Waals surface area contributed by atoms with E-state index in [2.05, 4.69) is 19.6 Å². The molecule has 0 amide bonds. The summed E-state index contributed by atoms with van der Waals surface area (Å²) in [5, 5.41) is 12.4. The van der Waals surface area contributed by atoms with Crippen molar-refractivity contribution in [3.05, 3.63) is 59.2 Å². The maximum absolute atomic E-state index is 11.8. The van der Waals surface area contributed by atoms with Crippen LogP contribution in [0.4, 0.5) is 0 Å². The SMILES string of the molecule is C=CC(=O)Oc1c2c(c(O)c3cc(C)ccc13)C1C=C(C)C2C1. The van der Waals surface area contributed by atoms with Gasteiger partial charge < -0.3 is 9.84 Å². The van der Waals surface area contributed by atoms with Gasteiger partial charge in [0.15, 0.2) is 0 Å². The Labute approximate surface area is 134 Å². The first-order valence-electron chi connectivity index (χ1n) is 7.83. The average Bonchev–Trinajstić information content (AvgIpc) is 3.08. The van der Waals surface area contributed by atoms with Gasteiger partial charge in [-0.25, -0.2) is 4.79 Å². The van der Waals surface area contributed by atoms with E-state index < -0.39 is 5.97 Å². The number of fused-ring (bicyclic) bond motifs is 6. The number of phenols is 1. The van der Waals surface area contributed by atoms with E-state index in [4.69, 9.17) is 4.74 Å². The van der Waals surface area contributed by atoms with Crippen LogP contribution < -0.4 is 4.74 Å². The minimum atomic E-state index is -0.468. The molecule has 2 aromatic carbocycles. The molecule has 2 aliphatic rings. The summed E-state index contributed by atoms with van der Waals surface area (Å²) in [7, 11) is 0. The maximum Gasteiger partial charge on any atom is 0.335 e. The first-order valence-corrected chi connectivity index (χ1v) is 7.83. The summed E-state index contributed by atoms with van der Waals surface area (Å²) in [6.07, 6.45) is 4.34. The maximum atomic E-state index is 11.8. The highest BCUT2D eigenvalue weighted by Gasteiger charge is 2.42. The third kappa shape index (κ3) is 1.86. The lowest BCUT2D eigenvalue weighted by Gasteiger charge is -2.22. The van der Waals surface area contributed by atoms with Crippen LogP contribution in [0.25, 0.3) is 10.8 Å². The van der Waals surface area contributed by atoms with Crippen LogP contribution in [0, 0.1) is 6.92 Å². The van der Waals surface area contributed by atoms with Crippen molar-refractivity contribution >= 4 is 16.7 Å². The van der Waals surface area contributed by atoms with E-state index in [9.17, 15) is 9.90 Å². The second-order valence-corrected chi connectivity index (χ2v) is 6.48. The summed E-state index contributed by atoms with van der Waals surface area (Å²) in [6, 6.07) is 5.83. The fourth-order valence-electron chi connectivity index (χ4n) is 4.05. The van der Waals surface area contributed by atoms with Crippen LogP contribution in [-0.4, -0.2) is 11.1 Å². The Kier molecular flexibility index (Phi) is 2.89. The zero-order chi connectivity index (χ0) is 16.3. The molecular formula is C20H18O3. The van der Waals surface area contributed by atoms with Gasteiger partial charge in [-0.3, -0.25) is 0 Å². The number of hydrogen-bond donors (Lipinski definition) is 1. The van der Waals surface area contributed by atoms with Gasteiger partial charge in [0.2, 0.25) is 0 Å². The molecule has 0 spiro atoms. The number of ether oxygens (including phenoxy) is 1. The molecule has 0 aromatic heterocycles. The monoisotopic (exact) mass is 306 g/mol. The van der Waals surface area contributed by atoms with Crippen molar-refractivity contribution in [3.63, 3.8) is 0 Å². The first kappa shape index (κ1) is 14.1. The van der Waals surface area contributed by atoms with E-state index in [1.807, 2.05) is 25.1 Å². The molecule has 0 saturated carbocycles. The molecule has 3 heteroatoms. The van der Waals surface area contributed by atoms with Gasteiger partial charge >= 0.3 is 5.97 Å². The van der Waals surface area contributed by atoms with Crippen LogP contribution in [0.2, 0.25) is 0 Å².